The second-order valence-corrected chi connectivity index (χ2v) is 12.5. The fourth-order valence-electron chi connectivity index (χ4n) is 6.10. The fourth-order valence-corrected chi connectivity index (χ4v) is 6.10. The molecule has 0 bridgehead atoms. The third-order valence-electron chi connectivity index (χ3n) is 9.44. The van der Waals surface area contributed by atoms with E-state index in [0.29, 0.717) is 6.54 Å². The first-order chi connectivity index (χ1) is 20.9. The Morgan fingerprint density at radius 1 is 1.13 bits per heavy atom. The number of rotatable bonds is 10. The zero-order valence-electron chi connectivity index (χ0n) is 25.8. The van der Waals surface area contributed by atoms with Gasteiger partial charge in [-0.3, -0.25) is 14.4 Å². The van der Waals surface area contributed by atoms with Crippen molar-refractivity contribution in [1.82, 2.24) is 14.7 Å². The number of alkyl halides is 4. The maximum absolute atomic E-state index is 15.0. The number of piperazine rings is 1. The van der Waals surface area contributed by atoms with Gasteiger partial charge in [0.05, 0.1) is 12.6 Å². The number of carbonyl (C=O) groups excluding carboxylic acids is 4. The van der Waals surface area contributed by atoms with E-state index in [1.165, 1.54) is 11.8 Å². The molecule has 10 nitrogen and oxygen atoms in total. The van der Waals surface area contributed by atoms with E-state index in [1.54, 1.807) is 4.90 Å². The Labute approximate surface area is 259 Å². The molecule has 0 radical (unpaired) electrons. The van der Waals surface area contributed by atoms with Crippen LogP contribution in [-0.2, 0) is 26.2 Å². The van der Waals surface area contributed by atoms with Crippen LogP contribution >= 0.6 is 0 Å². The molecule has 3 atom stereocenters. The fraction of sp³-hybridized carbons (Fsp3) is 0.613. The number of benzene rings is 1. The van der Waals surface area contributed by atoms with E-state index in [9.17, 15) is 41.8 Å². The maximum atomic E-state index is 15.0. The van der Waals surface area contributed by atoms with Crippen molar-refractivity contribution in [3.05, 3.63) is 41.5 Å². The highest BCUT2D eigenvalue weighted by Gasteiger charge is 2.52. The van der Waals surface area contributed by atoms with Crippen molar-refractivity contribution in [3.63, 3.8) is 0 Å². The highest BCUT2D eigenvalue weighted by Crippen LogP contribution is 2.53. The number of amides is 5. The summed E-state index contributed by atoms with van der Waals surface area (Å²) in [6.45, 7) is 7.34. The number of urea groups is 1. The molecule has 3 unspecified atom stereocenters. The number of aliphatic hydroxyl groups is 1. The molecule has 2 heterocycles. The van der Waals surface area contributed by atoms with Crippen LogP contribution in [0.15, 0.2) is 30.4 Å². The van der Waals surface area contributed by atoms with Gasteiger partial charge in [-0.2, -0.15) is 8.78 Å². The second kappa shape index (κ2) is 12.6. The Morgan fingerprint density at radius 3 is 2.36 bits per heavy atom. The van der Waals surface area contributed by atoms with E-state index in [0.717, 1.165) is 56.2 Å². The summed E-state index contributed by atoms with van der Waals surface area (Å²) in [4.78, 5) is 55.6. The topological polar surface area (TPSA) is 136 Å². The molecule has 1 aromatic carbocycles. The van der Waals surface area contributed by atoms with Crippen LogP contribution in [-0.4, -0.2) is 87.9 Å². The summed E-state index contributed by atoms with van der Waals surface area (Å²) in [6, 6.07) is -0.610. The van der Waals surface area contributed by atoms with E-state index in [-0.39, 0.29) is 49.5 Å². The number of halogens is 4. The molecular weight excluding hydrogens is 598 g/mol. The third kappa shape index (κ3) is 6.80. The van der Waals surface area contributed by atoms with Gasteiger partial charge < -0.3 is 30.9 Å². The number of piperidine rings is 1. The lowest BCUT2D eigenvalue weighted by Crippen LogP contribution is -2.66. The van der Waals surface area contributed by atoms with Gasteiger partial charge in [0, 0.05) is 49.3 Å². The monoisotopic (exact) mass is 639 g/mol. The molecular formula is C31H41F4N5O5. The molecule has 2 saturated heterocycles. The number of anilines is 1. The first-order valence-corrected chi connectivity index (χ1v) is 15.1. The molecule has 1 aromatic rings. The van der Waals surface area contributed by atoms with Gasteiger partial charge in [-0.15, -0.1) is 0 Å². The summed E-state index contributed by atoms with van der Waals surface area (Å²) in [5.74, 6) is -9.05. The number of carbonyl (C=O) groups is 4. The predicted molar refractivity (Wildman–Crippen MR) is 157 cm³/mol. The van der Waals surface area contributed by atoms with Crippen LogP contribution in [0, 0.1) is 5.41 Å². The zero-order chi connectivity index (χ0) is 33.5. The van der Waals surface area contributed by atoms with Crippen molar-refractivity contribution in [2.24, 2.45) is 11.1 Å². The third-order valence-corrected chi connectivity index (χ3v) is 9.44. The van der Waals surface area contributed by atoms with Gasteiger partial charge in [0.1, 0.15) is 12.1 Å². The summed E-state index contributed by atoms with van der Waals surface area (Å²) in [7, 11) is 0. The van der Waals surface area contributed by atoms with E-state index in [1.807, 2.05) is 0 Å². The van der Waals surface area contributed by atoms with Gasteiger partial charge in [0.15, 0.2) is 0 Å². The lowest BCUT2D eigenvalue weighted by Gasteiger charge is -2.43. The highest BCUT2D eigenvalue weighted by molar-refractivity contribution is 5.97. The highest BCUT2D eigenvalue weighted by atomic mass is 19.3. The number of primary amides is 1. The molecule has 0 aromatic heterocycles. The standard InChI is InChI=1S/C31H41F4N5O5/c1-5-30(32,33)21-9-8-20(15-22(21)31(34,35)18(2)3)37-28(45)40-16-23(26(36)43)39(27(44)19(40)4)13-6-7-25(42)38-14-12-29(10-11-29)24(41)17-38/h8-9,15,19,23-24,41H,2,5-7,10-14,16-17H2,1,3-4H3,(H2,36,43)(H,37,45). The van der Waals surface area contributed by atoms with Crippen LogP contribution in [0.1, 0.15) is 70.4 Å². The number of aliphatic hydroxyl groups excluding tert-OH is 1. The number of nitrogens with zero attached hydrogens (tertiary/aromatic N) is 3. The molecule has 5 amide bonds. The van der Waals surface area contributed by atoms with Crippen LogP contribution in [0.5, 0.6) is 0 Å². The first-order valence-electron chi connectivity index (χ1n) is 15.1. The normalized spacial score (nSPS) is 23.2. The van der Waals surface area contributed by atoms with Crippen molar-refractivity contribution >= 4 is 29.4 Å². The molecule has 2 aliphatic heterocycles. The summed E-state index contributed by atoms with van der Waals surface area (Å²) < 4.78 is 59.1. The minimum absolute atomic E-state index is 0.0186. The summed E-state index contributed by atoms with van der Waals surface area (Å²) >= 11 is 0. The van der Waals surface area contributed by atoms with Crippen molar-refractivity contribution in [1.29, 1.82) is 0 Å². The Hall–Kier alpha value is -3.68. The first kappa shape index (κ1) is 34.2. The number of β-amino-alcohol motifs (C(OH)–C–C–N with tert-alkyl or cyclic N) is 1. The van der Waals surface area contributed by atoms with Crippen LogP contribution in [0.25, 0.3) is 0 Å². The minimum atomic E-state index is -3.82. The van der Waals surface area contributed by atoms with E-state index < -0.39 is 71.0 Å². The molecule has 1 aliphatic carbocycles. The average Bonchev–Trinajstić information content (AvgIpc) is 3.76. The molecule has 3 aliphatic rings. The number of nitrogens with two attached hydrogens (primary N) is 1. The zero-order valence-corrected chi connectivity index (χ0v) is 25.8. The number of nitrogens with one attached hydrogen (secondary N) is 1. The Morgan fingerprint density at radius 2 is 1.80 bits per heavy atom. The summed E-state index contributed by atoms with van der Waals surface area (Å²) in [6.07, 6.45) is 1.69. The van der Waals surface area contributed by atoms with Gasteiger partial charge in [0.2, 0.25) is 17.7 Å². The van der Waals surface area contributed by atoms with Gasteiger partial charge >= 0.3 is 6.03 Å². The van der Waals surface area contributed by atoms with Gasteiger partial charge in [-0.1, -0.05) is 19.6 Å². The number of hydrogen-bond acceptors (Lipinski definition) is 5. The van der Waals surface area contributed by atoms with E-state index >= 15 is 0 Å². The Balaban J connectivity index is 1.43. The molecule has 1 spiro atoms. The van der Waals surface area contributed by atoms with Gasteiger partial charge in [-0.05, 0) is 62.7 Å². The minimum Gasteiger partial charge on any atom is -0.391 e. The molecule has 248 valence electrons. The van der Waals surface area contributed by atoms with Crippen molar-refractivity contribution in [3.8, 4) is 0 Å². The molecule has 14 heteroatoms. The van der Waals surface area contributed by atoms with Crippen LogP contribution in [0.4, 0.5) is 28.0 Å². The predicted octanol–water partition coefficient (Wildman–Crippen LogP) is 3.93. The lowest BCUT2D eigenvalue weighted by molar-refractivity contribution is -0.148. The van der Waals surface area contributed by atoms with Crippen molar-refractivity contribution < 1.29 is 41.8 Å². The average molecular weight is 640 g/mol. The van der Waals surface area contributed by atoms with Crippen LogP contribution < -0.4 is 11.1 Å². The number of likely N-dealkylation sites (tertiary alicyclic amines) is 1. The Kier molecular flexibility index (Phi) is 9.58. The smallest absolute Gasteiger partial charge is 0.322 e. The molecule has 4 N–H and O–H groups in total. The Bertz CT molecular complexity index is 1370. The molecule has 1 saturated carbocycles. The molecule has 3 fully saturated rings. The van der Waals surface area contributed by atoms with Crippen molar-refractivity contribution in [2.75, 3.05) is 31.5 Å². The van der Waals surface area contributed by atoms with Gasteiger partial charge in [-0.25, -0.2) is 13.6 Å². The SMILES string of the molecule is C=C(C)C(F)(F)c1cc(NC(=O)N2CC(C(N)=O)N(CCCC(=O)N3CCC4(CC4)C(O)C3)C(=O)C2C)ccc1C(F)(F)CC. The lowest BCUT2D eigenvalue weighted by atomic mass is 9.90. The van der Waals surface area contributed by atoms with E-state index in [2.05, 4.69) is 11.9 Å². The van der Waals surface area contributed by atoms with Gasteiger partial charge in [0.25, 0.3) is 11.8 Å². The second-order valence-electron chi connectivity index (χ2n) is 12.5. The summed E-state index contributed by atoms with van der Waals surface area (Å²) in [5, 5.41) is 12.8. The molecule has 45 heavy (non-hydrogen) atoms. The maximum Gasteiger partial charge on any atom is 0.322 e. The number of allylic oxidation sites excluding steroid dienone is 1. The van der Waals surface area contributed by atoms with Crippen LogP contribution in [0.3, 0.4) is 0 Å². The van der Waals surface area contributed by atoms with E-state index in [4.69, 9.17) is 5.73 Å². The van der Waals surface area contributed by atoms with Crippen LogP contribution in [0.2, 0.25) is 0 Å². The van der Waals surface area contributed by atoms with Crippen molar-refractivity contribution in [2.45, 2.75) is 89.3 Å². The molecule has 4 rings (SSSR count). The number of hydrogen-bond donors (Lipinski definition) is 3. The quantitative estimate of drug-likeness (QED) is 0.263. The largest absolute Gasteiger partial charge is 0.391 e. The summed E-state index contributed by atoms with van der Waals surface area (Å²) in [5.41, 5.74) is 2.74.